The van der Waals surface area contributed by atoms with E-state index in [1.165, 1.54) is 0 Å². The van der Waals surface area contributed by atoms with Gasteiger partial charge in [0.1, 0.15) is 0 Å². The molecule has 0 aliphatic rings. The summed E-state index contributed by atoms with van der Waals surface area (Å²) >= 11 is 0. The van der Waals surface area contributed by atoms with E-state index in [0.29, 0.717) is 13.2 Å². The number of urea groups is 1. The molecule has 0 rings (SSSR count). The average molecular weight is 248 g/mol. The third kappa shape index (κ3) is 6.75. The van der Waals surface area contributed by atoms with Gasteiger partial charge in [0, 0.05) is 6.61 Å². The number of ether oxygens (including phenoxy) is 1. The Hall–Kier alpha value is -1.34. The minimum atomic E-state index is -1.97. The fraction of sp³-hybridized carbons (Fsp3) is 0.800. The van der Waals surface area contributed by atoms with Crippen LogP contribution in [0.4, 0.5) is 4.79 Å². The van der Waals surface area contributed by atoms with Crippen LogP contribution in [0.2, 0.25) is 0 Å². The Morgan fingerprint density at radius 1 is 1.47 bits per heavy atom. The van der Waals surface area contributed by atoms with Gasteiger partial charge in [0.25, 0.3) is 0 Å². The van der Waals surface area contributed by atoms with Crippen LogP contribution in [-0.2, 0) is 9.53 Å². The molecule has 4 N–H and O–H groups in total. The van der Waals surface area contributed by atoms with Gasteiger partial charge >= 0.3 is 12.0 Å². The lowest BCUT2D eigenvalue weighted by Gasteiger charge is -2.20. The number of amides is 2. The van der Waals surface area contributed by atoms with Gasteiger partial charge in [-0.05, 0) is 20.8 Å². The van der Waals surface area contributed by atoms with Crippen LogP contribution in [0.15, 0.2) is 0 Å². The standard InChI is InChI=1S/C10H20N2O5/c1-4-17-5-7(2)12-9(15)11-6-10(3,16)8(13)14/h7,16H,4-6H2,1-3H3,(H,13,14)(H2,11,12,15). The van der Waals surface area contributed by atoms with Gasteiger partial charge in [0.2, 0.25) is 0 Å². The summed E-state index contributed by atoms with van der Waals surface area (Å²) < 4.78 is 5.09. The van der Waals surface area contributed by atoms with E-state index in [-0.39, 0.29) is 12.6 Å². The van der Waals surface area contributed by atoms with Crippen LogP contribution in [0.1, 0.15) is 20.8 Å². The number of hydrogen-bond donors (Lipinski definition) is 4. The van der Waals surface area contributed by atoms with Gasteiger partial charge in [-0.3, -0.25) is 0 Å². The van der Waals surface area contributed by atoms with E-state index < -0.39 is 17.6 Å². The lowest BCUT2D eigenvalue weighted by molar-refractivity contribution is -0.155. The molecule has 0 fully saturated rings. The van der Waals surface area contributed by atoms with Crippen molar-refractivity contribution in [1.82, 2.24) is 10.6 Å². The lowest BCUT2D eigenvalue weighted by Crippen LogP contribution is -2.51. The highest BCUT2D eigenvalue weighted by Crippen LogP contribution is 2.00. The van der Waals surface area contributed by atoms with Crippen LogP contribution in [0.5, 0.6) is 0 Å². The largest absolute Gasteiger partial charge is 0.479 e. The van der Waals surface area contributed by atoms with Gasteiger partial charge < -0.3 is 25.6 Å². The maximum atomic E-state index is 11.3. The van der Waals surface area contributed by atoms with Crippen molar-refractivity contribution in [2.75, 3.05) is 19.8 Å². The molecule has 7 heteroatoms. The van der Waals surface area contributed by atoms with E-state index in [2.05, 4.69) is 10.6 Å². The van der Waals surface area contributed by atoms with Crippen LogP contribution in [0.3, 0.4) is 0 Å². The van der Waals surface area contributed by atoms with Gasteiger partial charge in [-0.2, -0.15) is 0 Å². The van der Waals surface area contributed by atoms with E-state index in [9.17, 15) is 14.7 Å². The van der Waals surface area contributed by atoms with Gasteiger partial charge in [0.05, 0.1) is 19.2 Å². The van der Waals surface area contributed by atoms with Crippen molar-refractivity contribution in [3.63, 3.8) is 0 Å². The Labute approximate surface area is 100 Å². The second kappa shape index (κ2) is 7.08. The van der Waals surface area contributed by atoms with Crippen LogP contribution in [0, 0.1) is 0 Å². The van der Waals surface area contributed by atoms with Crippen molar-refractivity contribution < 1.29 is 24.5 Å². The Morgan fingerprint density at radius 2 is 2.06 bits per heavy atom. The molecule has 7 nitrogen and oxygen atoms in total. The fourth-order valence-electron chi connectivity index (χ4n) is 0.939. The Kier molecular flexibility index (Phi) is 6.52. The summed E-state index contributed by atoms with van der Waals surface area (Å²) in [6.45, 7) is 5.27. The molecule has 2 unspecified atom stereocenters. The molecule has 0 aliphatic carbocycles. The minimum absolute atomic E-state index is 0.190. The molecular weight excluding hydrogens is 228 g/mol. The monoisotopic (exact) mass is 248 g/mol. The molecule has 0 saturated heterocycles. The molecule has 0 aromatic heterocycles. The molecular formula is C10H20N2O5. The number of carboxylic acid groups (broad SMARTS) is 1. The summed E-state index contributed by atoms with van der Waals surface area (Å²) in [4.78, 5) is 21.9. The Balaban J connectivity index is 3.91. The highest BCUT2D eigenvalue weighted by atomic mass is 16.5. The number of carbonyl (C=O) groups is 2. The summed E-state index contributed by atoms with van der Waals surface area (Å²) in [7, 11) is 0. The molecule has 0 aromatic carbocycles. The molecule has 2 atom stereocenters. The van der Waals surface area contributed by atoms with Gasteiger partial charge in [0.15, 0.2) is 5.60 Å². The van der Waals surface area contributed by atoms with Crippen LogP contribution in [-0.4, -0.2) is 53.6 Å². The Morgan fingerprint density at radius 3 is 2.53 bits per heavy atom. The first kappa shape index (κ1) is 15.7. The van der Waals surface area contributed by atoms with Crippen LogP contribution in [0.25, 0.3) is 0 Å². The highest BCUT2D eigenvalue weighted by molar-refractivity contribution is 5.79. The van der Waals surface area contributed by atoms with E-state index in [0.717, 1.165) is 6.92 Å². The number of carbonyl (C=O) groups excluding carboxylic acids is 1. The van der Waals surface area contributed by atoms with Crippen LogP contribution < -0.4 is 10.6 Å². The normalized spacial score (nSPS) is 15.8. The molecule has 0 radical (unpaired) electrons. The number of carboxylic acids is 1. The predicted molar refractivity (Wildman–Crippen MR) is 60.7 cm³/mol. The van der Waals surface area contributed by atoms with Crippen molar-refractivity contribution in [2.45, 2.75) is 32.4 Å². The second-order valence-electron chi connectivity index (χ2n) is 3.97. The molecule has 0 aliphatic heterocycles. The number of aliphatic hydroxyl groups is 1. The SMILES string of the molecule is CCOCC(C)NC(=O)NCC(C)(O)C(=O)O. The van der Waals surface area contributed by atoms with Gasteiger partial charge in [-0.25, -0.2) is 9.59 Å². The third-order valence-corrected chi connectivity index (χ3v) is 2.00. The molecule has 0 spiro atoms. The van der Waals surface area contributed by atoms with Crippen molar-refractivity contribution in [1.29, 1.82) is 0 Å². The molecule has 0 saturated carbocycles. The van der Waals surface area contributed by atoms with Gasteiger partial charge in [-0.15, -0.1) is 0 Å². The fourth-order valence-corrected chi connectivity index (χ4v) is 0.939. The summed E-state index contributed by atoms with van der Waals surface area (Å²) in [5.74, 6) is -1.39. The quantitative estimate of drug-likeness (QED) is 0.488. The first-order valence-corrected chi connectivity index (χ1v) is 5.37. The number of nitrogens with one attached hydrogen (secondary N) is 2. The van der Waals surface area contributed by atoms with Crippen molar-refractivity contribution >= 4 is 12.0 Å². The minimum Gasteiger partial charge on any atom is -0.479 e. The zero-order chi connectivity index (χ0) is 13.5. The summed E-state index contributed by atoms with van der Waals surface area (Å²) in [5.41, 5.74) is -1.97. The lowest BCUT2D eigenvalue weighted by atomic mass is 10.1. The predicted octanol–water partition coefficient (Wildman–Crippen LogP) is -0.454. The van der Waals surface area contributed by atoms with E-state index >= 15 is 0 Å². The number of aliphatic carboxylic acids is 1. The Bertz CT molecular complexity index is 267. The van der Waals surface area contributed by atoms with Gasteiger partial charge in [-0.1, -0.05) is 0 Å². The molecule has 0 heterocycles. The maximum absolute atomic E-state index is 11.3. The van der Waals surface area contributed by atoms with Crippen molar-refractivity contribution in [3.8, 4) is 0 Å². The second-order valence-corrected chi connectivity index (χ2v) is 3.97. The summed E-state index contributed by atoms with van der Waals surface area (Å²) in [5, 5.41) is 22.8. The molecule has 17 heavy (non-hydrogen) atoms. The highest BCUT2D eigenvalue weighted by Gasteiger charge is 2.30. The zero-order valence-corrected chi connectivity index (χ0v) is 10.3. The summed E-state index contributed by atoms with van der Waals surface area (Å²) in [6.07, 6.45) is 0. The zero-order valence-electron chi connectivity index (χ0n) is 10.3. The number of hydrogen-bond acceptors (Lipinski definition) is 4. The topological polar surface area (TPSA) is 108 Å². The third-order valence-electron chi connectivity index (χ3n) is 2.00. The number of rotatable bonds is 7. The maximum Gasteiger partial charge on any atom is 0.337 e. The van der Waals surface area contributed by atoms with E-state index in [1.807, 2.05) is 6.92 Å². The van der Waals surface area contributed by atoms with Crippen molar-refractivity contribution in [3.05, 3.63) is 0 Å². The first-order valence-electron chi connectivity index (χ1n) is 5.37. The molecule has 0 aromatic rings. The van der Waals surface area contributed by atoms with E-state index in [1.54, 1.807) is 6.92 Å². The van der Waals surface area contributed by atoms with E-state index in [4.69, 9.17) is 9.84 Å². The smallest absolute Gasteiger partial charge is 0.337 e. The average Bonchev–Trinajstić information content (AvgIpc) is 2.23. The van der Waals surface area contributed by atoms with Crippen LogP contribution >= 0.6 is 0 Å². The molecule has 2 amide bonds. The molecule has 100 valence electrons. The first-order chi connectivity index (χ1) is 7.79. The summed E-state index contributed by atoms with van der Waals surface area (Å²) in [6, 6.07) is -0.733. The molecule has 0 bridgehead atoms. The van der Waals surface area contributed by atoms with Crippen molar-refractivity contribution in [2.24, 2.45) is 0 Å².